The lowest BCUT2D eigenvalue weighted by atomic mass is 10.0. The number of ether oxygens (including phenoxy) is 1. The second-order valence-electron chi connectivity index (χ2n) is 3.71. The van der Waals surface area contributed by atoms with Gasteiger partial charge >= 0.3 is 0 Å². The van der Waals surface area contributed by atoms with Crippen LogP contribution >= 0.6 is 0 Å². The van der Waals surface area contributed by atoms with Gasteiger partial charge in [0.15, 0.2) is 5.65 Å². The number of hydrogen-bond acceptors (Lipinski definition) is 4. The van der Waals surface area contributed by atoms with E-state index in [-0.39, 0.29) is 0 Å². The molecule has 3 rings (SSSR count). The first-order valence-corrected chi connectivity index (χ1v) is 4.98. The first kappa shape index (κ1) is 8.67. The molecule has 0 aliphatic carbocycles. The molecule has 0 atom stereocenters. The molecule has 1 fully saturated rings. The molecule has 5 nitrogen and oxygen atoms in total. The van der Waals surface area contributed by atoms with E-state index in [1.165, 1.54) is 0 Å². The fraction of sp³-hybridized carbons (Fsp3) is 0.400. The predicted molar refractivity (Wildman–Crippen MR) is 55.1 cm³/mol. The maximum Gasteiger partial charge on any atom is 0.164 e. The Morgan fingerprint density at radius 2 is 2.33 bits per heavy atom. The molecule has 1 saturated heterocycles. The molecule has 0 unspecified atom stereocenters. The van der Waals surface area contributed by atoms with Crippen molar-refractivity contribution in [2.24, 2.45) is 0 Å². The molecule has 2 aromatic heterocycles. The summed E-state index contributed by atoms with van der Waals surface area (Å²) in [4.78, 5) is 0. The molecule has 15 heavy (non-hydrogen) atoms. The Morgan fingerprint density at radius 3 is 3.00 bits per heavy atom. The molecule has 1 aliphatic heterocycles. The fourth-order valence-electron chi connectivity index (χ4n) is 1.77. The molecular formula is C10H12N4O. The van der Waals surface area contributed by atoms with E-state index < -0.39 is 0 Å². The van der Waals surface area contributed by atoms with Crippen LogP contribution in [-0.4, -0.2) is 34.8 Å². The molecular weight excluding hydrogens is 192 g/mol. The van der Waals surface area contributed by atoms with Gasteiger partial charge in [-0.25, -0.2) is 0 Å². The Bertz CT molecular complexity index is 489. The number of hydrogen-bond donors (Lipinski definition) is 1. The zero-order chi connectivity index (χ0) is 10.3. The van der Waals surface area contributed by atoms with Gasteiger partial charge in [0.05, 0.1) is 7.11 Å². The summed E-state index contributed by atoms with van der Waals surface area (Å²) < 4.78 is 7.16. The largest absolute Gasteiger partial charge is 0.497 e. The summed E-state index contributed by atoms with van der Waals surface area (Å²) in [5, 5.41) is 11.6. The van der Waals surface area contributed by atoms with E-state index in [0.29, 0.717) is 5.92 Å². The number of methoxy groups -OCH3 is 1. The van der Waals surface area contributed by atoms with Crippen LogP contribution in [-0.2, 0) is 0 Å². The Hall–Kier alpha value is -1.62. The third-order valence-electron chi connectivity index (χ3n) is 2.79. The first-order valence-electron chi connectivity index (χ1n) is 4.98. The van der Waals surface area contributed by atoms with Crippen molar-refractivity contribution in [2.45, 2.75) is 5.92 Å². The third-order valence-corrected chi connectivity index (χ3v) is 2.79. The highest BCUT2D eigenvalue weighted by Crippen LogP contribution is 2.20. The fourth-order valence-corrected chi connectivity index (χ4v) is 1.77. The van der Waals surface area contributed by atoms with Crippen LogP contribution in [0.4, 0.5) is 0 Å². The second-order valence-corrected chi connectivity index (χ2v) is 3.71. The van der Waals surface area contributed by atoms with Crippen molar-refractivity contribution in [1.29, 1.82) is 0 Å². The van der Waals surface area contributed by atoms with Crippen molar-refractivity contribution < 1.29 is 4.74 Å². The lowest BCUT2D eigenvalue weighted by Gasteiger charge is -2.25. The molecule has 5 heteroatoms. The maximum absolute atomic E-state index is 5.14. The zero-order valence-electron chi connectivity index (χ0n) is 8.47. The minimum atomic E-state index is 0.494. The Kier molecular flexibility index (Phi) is 1.85. The van der Waals surface area contributed by atoms with Gasteiger partial charge in [0.1, 0.15) is 11.6 Å². The van der Waals surface area contributed by atoms with Crippen LogP contribution < -0.4 is 10.1 Å². The van der Waals surface area contributed by atoms with E-state index in [1.54, 1.807) is 7.11 Å². The summed E-state index contributed by atoms with van der Waals surface area (Å²) in [5.41, 5.74) is 0.844. The van der Waals surface area contributed by atoms with E-state index in [4.69, 9.17) is 4.74 Å². The molecule has 3 heterocycles. The van der Waals surface area contributed by atoms with Crippen LogP contribution in [0.2, 0.25) is 0 Å². The highest BCUT2D eigenvalue weighted by atomic mass is 16.5. The van der Waals surface area contributed by atoms with Gasteiger partial charge in [-0.3, -0.25) is 4.40 Å². The van der Waals surface area contributed by atoms with Crippen LogP contribution in [0.25, 0.3) is 5.65 Å². The second kappa shape index (κ2) is 3.20. The average Bonchev–Trinajstić information content (AvgIpc) is 2.59. The van der Waals surface area contributed by atoms with E-state index in [1.807, 2.05) is 22.7 Å². The highest BCUT2D eigenvalue weighted by molar-refractivity contribution is 5.44. The topological polar surface area (TPSA) is 51.5 Å². The average molecular weight is 204 g/mol. The first-order chi connectivity index (χ1) is 7.38. The van der Waals surface area contributed by atoms with Crippen molar-refractivity contribution in [1.82, 2.24) is 19.9 Å². The smallest absolute Gasteiger partial charge is 0.164 e. The van der Waals surface area contributed by atoms with Crippen molar-refractivity contribution in [3.05, 3.63) is 24.2 Å². The van der Waals surface area contributed by atoms with Crippen LogP contribution in [0, 0.1) is 0 Å². The number of fused-ring (bicyclic) bond motifs is 1. The SMILES string of the molecule is COc1ccn2c(C3CNC3)nnc2c1. The lowest BCUT2D eigenvalue weighted by molar-refractivity contribution is 0.413. The van der Waals surface area contributed by atoms with E-state index >= 15 is 0 Å². The molecule has 1 aliphatic rings. The maximum atomic E-state index is 5.14. The quantitative estimate of drug-likeness (QED) is 0.770. The zero-order valence-corrected chi connectivity index (χ0v) is 8.47. The van der Waals surface area contributed by atoms with E-state index in [0.717, 1.165) is 30.3 Å². The molecule has 2 aromatic rings. The standard InChI is InChI=1S/C10H12N4O/c1-15-8-2-3-14-9(4-8)12-13-10(14)7-5-11-6-7/h2-4,7,11H,5-6H2,1H3. The van der Waals surface area contributed by atoms with Gasteiger partial charge in [-0.1, -0.05) is 0 Å². The molecule has 0 saturated carbocycles. The number of nitrogens with zero attached hydrogens (tertiary/aromatic N) is 3. The Balaban J connectivity index is 2.09. The molecule has 78 valence electrons. The normalized spacial score (nSPS) is 16.6. The van der Waals surface area contributed by atoms with Gasteiger partial charge < -0.3 is 10.1 Å². The van der Waals surface area contributed by atoms with Crippen molar-refractivity contribution in [3.63, 3.8) is 0 Å². The van der Waals surface area contributed by atoms with Crippen LogP contribution in [0.5, 0.6) is 5.75 Å². The van der Waals surface area contributed by atoms with Crippen LogP contribution in [0.3, 0.4) is 0 Å². The van der Waals surface area contributed by atoms with Crippen molar-refractivity contribution in [2.75, 3.05) is 20.2 Å². The van der Waals surface area contributed by atoms with Gasteiger partial charge in [0, 0.05) is 31.3 Å². The van der Waals surface area contributed by atoms with Crippen LogP contribution in [0.1, 0.15) is 11.7 Å². The summed E-state index contributed by atoms with van der Waals surface area (Å²) in [5.74, 6) is 2.34. The lowest BCUT2D eigenvalue weighted by Crippen LogP contribution is -2.40. The minimum Gasteiger partial charge on any atom is -0.497 e. The number of nitrogens with one attached hydrogen (secondary N) is 1. The number of aromatic nitrogens is 3. The van der Waals surface area contributed by atoms with Gasteiger partial charge in [-0.15, -0.1) is 10.2 Å². The predicted octanol–water partition coefficient (Wildman–Crippen LogP) is 0.425. The van der Waals surface area contributed by atoms with Gasteiger partial charge in [0.2, 0.25) is 0 Å². The molecule has 0 radical (unpaired) electrons. The summed E-state index contributed by atoms with van der Waals surface area (Å²) in [6, 6.07) is 3.81. The molecule has 1 N–H and O–H groups in total. The molecule has 0 amide bonds. The third kappa shape index (κ3) is 1.27. The van der Waals surface area contributed by atoms with Gasteiger partial charge in [0.25, 0.3) is 0 Å². The molecule has 0 aromatic carbocycles. The summed E-state index contributed by atoms with van der Waals surface area (Å²) in [6.07, 6.45) is 1.96. The van der Waals surface area contributed by atoms with Gasteiger partial charge in [-0.05, 0) is 6.07 Å². The summed E-state index contributed by atoms with van der Waals surface area (Å²) in [6.45, 7) is 1.99. The highest BCUT2D eigenvalue weighted by Gasteiger charge is 2.23. The van der Waals surface area contributed by atoms with Crippen molar-refractivity contribution >= 4 is 5.65 Å². The minimum absolute atomic E-state index is 0.494. The van der Waals surface area contributed by atoms with Crippen LogP contribution in [0.15, 0.2) is 18.3 Å². The van der Waals surface area contributed by atoms with E-state index in [2.05, 4.69) is 15.5 Å². The summed E-state index contributed by atoms with van der Waals surface area (Å²) >= 11 is 0. The molecule has 0 spiro atoms. The number of pyridine rings is 1. The number of rotatable bonds is 2. The van der Waals surface area contributed by atoms with Crippen molar-refractivity contribution in [3.8, 4) is 5.75 Å². The Labute approximate surface area is 87.1 Å². The molecule has 0 bridgehead atoms. The van der Waals surface area contributed by atoms with Gasteiger partial charge in [-0.2, -0.15) is 0 Å². The Morgan fingerprint density at radius 1 is 1.47 bits per heavy atom. The summed E-state index contributed by atoms with van der Waals surface area (Å²) in [7, 11) is 1.65. The monoisotopic (exact) mass is 204 g/mol. The van der Waals surface area contributed by atoms with E-state index in [9.17, 15) is 0 Å².